The third kappa shape index (κ3) is 4.18. The van der Waals surface area contributed by atoms with Crippen LogP contribution in [0, 0.1) is 6.92 Å². The van der Waals surface area contributed by atoms with Crippen molar-refractivity contribution in [1.82, 2.24) is 15.2 Å². The van der Waals surface area contributed by atoms with Crippen molar-refractivity contribution in [2.75, 3.05) is 19.7 Å². The van der Waals surface area contributed by atoms with E-state index in [-0.39, 0.29) is 6.09 Å². The molecule has 0 spiro atoms. The zero-order chi connectivity index (χ0) is 13.7. The molecule has 0 radical (unpaired) electrons. The molecule has 5 nitrogen and oxygen atoms in total. The van der Waals surface area contributed by atoms with Crippen LogP contribution in [0.15, 0.2) is 6.20 Å². The molecule has 1 aliphatic rings. The van der Waals surface area contributed by atoms with Gasteiger partial charge in [0.15, 0.2) is 0 Å². The predicted octanol–water partition coefficient (Wildman–Crippen LogP) is 2.16. The Balaban J connectivity index is 1.70. The summed E-state index contributed by atoms with van der Waals surface area (Å²) >= 11 is 1.73. The molecular formula is C13H21N3O2S. The standard InChI is InChI=1S/C13H21N3O2S/c1-3-18-13(17)16-6-4-11(5-7-16)14-9-12-15-8-10(2)19-12/h8,11,14H,3-7,9H2,1-2H3. The van der Waals surface area contributed by atoms with E-state index >= 15 is 0 Å². The van der Waals surface area contributed by atoms with E-state index in [4.69, 9.17) is 4.74 Å². The number of likely N-dealkylation sites (tertiary alicyclic amines) is 1. The lowest BCUT2D eigenvalue weighted by Crippen LogP contribution is -2.44. The molecule has 1 N–H and O–H groups in total. The number of rotatable bonds is 4. The Morgan fingerprint density at radius 1 is 1.58 bits per heavy atom. The molecule has 0 aliphatic carbocycles. The number of nitrogens with one attached hydrogen (secondary N) is 1. The summed E-state index contributed by atoms with van der Waals surface area (Å²) in [7, 11) is 0. The summed E-state index contributed by atoms with van der Waals surface area (Å²) in [5.41, 5.74) is 0. The Labute approximate surface area is 118 Å². The van der Waals surface area contributed by atoms with Gasteiger partial charge in [-0.15, -0.1) is 11.3 Å². The fourth-order valence-electron chi connectivity index (χ4n) is 2.20. The van der Waals surface area contributed by atoms with E-state index in [1.54, 1.807) is 16.2 Å². The summed E-state index contributed by atoms with van der Waals surface area (Å²) in [5.74, 6) is 0. The second-order valence-corrected chi connectivity index (χ2v) is 6.03. The molecule has 0 aromatic carbocycles. The molecule has 19 heavy (non-hydrogen) atoms. The molecule has 0 atom stereocenters. The van der Waals surface area contributed by atoms with E-state index in [9.17, 15) is 4.79 Å². The van der Waals surface area contributed by atoms with Crippen molar-refractivity contribution in [1.29, 1.82) is 0 Å². The molecule has 1 saturated heterocycles. The molecule has 0 bridgehead atoms. The zero-order valence-corrected chi connectivity index (χ0v) is 12.3. The van der Waals surface area contributed by atoms with Crippen LogP contribution in [-0.4, -0.2) is 41.7 Å². The molecule has 1 aromatic heterocycles. The van der Waals surface area contributed by atoms with Crippen LogP contribution in [-0.2, 0) is 11.3 Å². The van der Waals surface area contributed by atoms with Crippen molar-refractivity contribution in [2.24, 2.45) is 0 Å². The van der Waals surface area contributed by atoms with Crippen LogP contribution in [0.2, 0.25) is 0 Å². The molecule has 0 saturated carbocycles. The number of thiazole rings is 1. The van der Waals surface area contributed by atoms with Gasteiger partial charge in [0, 0.05) is 36.8 Å². The van der Waals surface area contributed by atoms with Gasteiger partial charge in [0.05, 0.1) is 6.61 Å². The van der Waals surface area contributed by atoms with Gasteiger partial charge in [0.2, 0.25) is 0 Å². The van der Waals surface area contributed by atoms with Gasteiger partial charge in [-0.3, -0.25) is 0 Å². The van der Waals surface area contributed by atoms with E-state index in [0.717, 1.165) is 37.5 Å². The van der Waals surface area contributed by atoms with E-state index in [1.807, 2.05) is 13.1 Å². The van der Waals surface area contributed by atoms with Crippen molar-refractivity contribution in [3.05, 3.63) is 16.1 Å². The van der Waals surface area contributed by atoms with Crippen LogP contribution < -0.4 is 5.32 Å². The third-order valence-corrected chi connectivity index (χ3v) is 4.14. The number of piperidine rings is 1. The number of aromatic nitrogens is 1. The highest BCUT2D eigenvalue weighted by Crippen LogP contribution is 2.14. The van der Waals surface area contributed by atoms with Crippen LogP contribution in [0.4, 0.5) is 4.79 Å². The van der Waals surface area contributed by atoms with Gasteiger partial charge in [-0.1, -0.05) is 0 Å². The summed E-state index contributed by atoms with van der Waals surface area (Å²) in [6.45, 7) is 6.71. The van der Waals surface area contributed by atoms with E-state index < -0.39 is 0 Å². The summed E-state index contributed by atoms with van der Waals surface area (Å²) in [6.07, 6.45) is 3.67. The maximum atomic E-state index is 11.6. The second-order valence-electron chi connectivity index (χ2n) is 4.71. The SMILES string of the molecule is CCOC(=O)N1CCC(NCc2ncc(C)s2)CC1. The average molecular weight is 283 g/mol. The van der Waals surface area contributed by atoms with Crippen LogP contribution in [0.5, 0.6) is 0 Å². The lowest BCUT2D eigenvalue weighted by Gasteiger charge is -2.31. The first-order valence-electron chi connectivity index (χ1n) is 6.75. The zero-order valence-electron chi connectivity index (χ0n) is 11.5. The number of nitrogens with zero attached hydrogens (tertiary/aromatic N) is 2. The first-order valence-corrected chi connectivity index (χ1v) is 7.57. The highest BCUT2D eigenvalue weighted by molar-refractivity contribution is 7.11. The highest BCUT2D eigenvalue weighted by atomic mass is 32.1. The molecule has 106 valence electrons. The maximum absolute atomic E-state index is 11.6. The minimum absolute atomic E-state index is 0.184. The normalized spacial score (nSPS) is 16.6. The Morgan fingerprint density at radius 3 is 2.89 bits per heavy atom. The Bertz CT molecular complexity index is 414. The number of aryl methyl sites for hydroxylation is 1. The minimum Gasteiger partial charge on any atom is -0.450 e. The number of hydrogen-bond donors (Lipinski definition) is 1. The van der Waals surface area contributed by atoms with Gasteiger partial charge in [0.25, 0.3) is 0 Å². The molecule has 1 aromatic rings. The predicted molar refractivity (Wildman–Crippen MR) is 75.3 cm³/mol. The highest BCUT2D eigenvalue weighted by Gasteiger charge is 2.23. The number of carbonyl (C=O) groups is 1. The molecular weight excluding hydrogens is 262 g/mol. The maximum Gasteiger partial charge on any atom is 0.409 e. The van der Waals surface area contributed by atoms with Crippen molar-refractivity contribution >= 4 is 17.4 Å². The van der Waals surface area contributed by atoms with Crippen molar-refractivity contribution < 1.29 is 9.53 Å². The molecule has 1 fully saturated rings. The van der Waals surface area contributed by atoms with E-state index in [0.29, 0.717) is 12.6 Å². The molecule has 1 aliphatic heterocycles. The number of hydrogen-bond acceptors (Lipinski definition) is 5. The van der Waals surface area contributed by atoms with Gasteiger partial charge in [-0.25, -0.2) is 9.78 Å². The fourth-order valence-corrected chi connectivity index (χ4v) is 2.93. The summed E-state index contributed by atoms with van der Waals surface area (Å²) in [6, 6.07) is 0.467. The van der Waals surface area contributed by atoms with Gasteiger partial charge >= 0.3 is 6.09 Å². The minimum atomic E-state index is -0.184. The van der Waals surface area contributed by atoms with Crippen molar-refractivity contribution in [3.63, 3.8) is 0 Å². The molecule has 1 amide bonds. The number of ether oxygens (including phenoxy) is 1. The Kier molecular flexibility index (Phi) is 5.15. The fraction of sp³-hybridized carbons (Fsp3) is 0.692. The first kappa shape index (κ1) is 14.3. The lowest BCUT2D eigenvalue weighted by atomic mass is 10.1. The summed E-state index contributed by atoms with van der Waals surface area (Å²) in [4.78, 5) is 18.9. The van der Waals surface area contributed by atoms with E-state index in [2.05, 4.69) is 17.2 Å². The molecule has 2 heterocycles. The molecule has 2 rings (SSSR count). The van der Waals surface area contributed by atoms with Crippen molar-refractivity contribution in [2.45, 2.75) is 39.3 Å². The first-order chi connectivity index (χ1) is 9.19. The van der Waals surface area contributed by atoms with Gasteiger partial charge in [-0.05, 0) is 26.7 Å². The smallest absolute Gasteiger partial charge is 0.409 e. The van der Waals surface area contributed by atoms with Crippen LogP contribution in [0.3, 0.4) is 0 Å². The van der Waals surface area contributed by atoms with Crippen molar-refractivity contribution in [3.8, 4) is 0 Å². The van der Waals surface area contributed by atoms with Crippen LogP contribution in [0.1, 0.15) is 29.7 Å². The third-order valence-electron chi connectivity index (χ3n) is 3.23. The summed E-state index contributed by atoms with van der Waals surface area (Å²) < 4.78 is 5.01. The summed E-state index contributed by atoms with van der Waals surface area (Å²) in [5, 5.41) is 4.64. The average Bonchev–Trinajstić information content (AvgIpc) is 2.83. The Hall–Kier alpha value is -1.14. The molecule has 0 unspecified atom stereocenters. The van der Waals surface area contributed by atoms with Gasteiger partial charge < -0.3 is 15.0 Å². The Morgan fingerprint density at radius 2 is 2.32 bits per heavy atom. The largest absolute Gasteiger partial charge is 0.450 e. The van der Waals surface area contributed by atoms with Gasteiger partial charge in [0.1, 0.15) is 5.01 Å². The topological polar surface area (TPSA) is 54.5 Å². The monoisotopic (exact) mass is 283 g/mol. The van der Waals surface area contributed by atoms with Gasteiger partial charge in [-0.2, -0.15) is 0 Å². The quantitative estimate of drug-likeness (QED) is 0.920. The number of carbonyl (C=O) groups excluding carboxylic acids is 1. The number of amides is 1. The van der Waals surface area contributed by atoms with Crippen LogP contribution in [0.25, 0.3) is 0 Å². The lowest BCUT2D eigenvalue weighted by molar-refractivity contribution is 0.0950. The second kappa shape index (κ2) is 6.86. The van der Waals surface area contributed by atoms with Crippen LogP contribution >= 0.6 is 11.3 Å². The van der Waals surface area contributed by atoms with E-state index in [1.165, 1.54) is 4.88 Å². The molecule has 6 heteroatoms.